The third-order valence-electron chi connectivity index (χ3n) is 6.18. The zero-order chi connectivity index (χ0) is 17.8. The molecule has 0 atom stereocenters. The molecule has 6 rings (SSSR count). The second kappa shape index (κ2) is 5.69. The molecule has 128 valence electrons. The molecule has 5 aromatic rings. The maximum absolute atomic E-state index is 2.36. The summed E-state index contributed by atoms with van der Waals surface area (Å²) in [7, 11) is 0. The minimum atomic E-state index is 1.11. The van der Waals surface area contributed by atoms with Crippen LogP contribution in [-0.4, -0.2) is 0 Å². The molecule has 0 spiro atoms. The van der Waals surface area contributed by atoms with Crippen LogP contribution in [0.5, 0.6) is 0 Å². The van der Waals surface area contributed by atoms with Gasteiger partial charge in [0.25, 0.3) is 0 Å². The Hall–Kier alpha value is -3.12. The van der Waals surface area contributed by atoms with Gasteiger partial charge in [0.05, 0.1) is 0 Å². The van der Waals surface area contributed by atoms with Crippen molar-refractivity contribution in [3.05, 3.63) is 96.1 Å². The van der Waals surface area contributed by atoms with Gasteiger partial charge in [0.15, 0.2) is 0 Å². The largest absolute Gasteiger partial charge is 0.0805 e. The molecule has 0 aromatic heterocycles. The smallest absolute Gasteiger partial charge is 0.00236 e. The molecule has 0 nitrogen and oxygen atoms in total. The summed E-state index contributed by atoms with van der Waals surface area (Å²) in [5, 5.41) is 11.1. The van der Waals surface area contributed by atoms with Gasteiger partial charge < -0.3 is 0 Å². The SMILES string of the molecule is C1=CCC(CCc2ccc3c4cccc5cccc(c6cccc2c63)c54)=C1. The number of aryl methyl sites for hydroxylation is 1. The van der Waals surface area contributed by atoms with Crippen molar-refractivity contribution in [3.8, 4) is 0 Å². The van der Waals surface area contributed by atoms with E-state index >= 15 is 0 Å². The van der Waals surface area contributed by atoms with Crippen LogP contribution in [0.4, 0.5) is 0 Å². The van der Waals surface area contributed by atoms with E-state index in [1.807, 2.05) is 0 Å². The Morgan fingerprint density at radius 3 is 2.00 bits per heavy atom. The molecule has 0 unspecified atom stereocenters. The van der Waals surface area contributed by atoms with Gasteiger partial charge in [-0.05, 0) is 67.9 Å². The van der Waals surface area contributed by atoms with Crippen molar-refractivity contribution in [2.45, 2.75) is 19.3 Å². The highest BCUT2D eigenvalue weighted by molar-refractivity contribution is 6.33. The van der Waals surface area contributed by atoms with Crippen LogP contribution in [0.3, 0.4) is 0 Å². The number of fused-ring (bicyclic) bond motifs is 2. The minimum Gasteiger partial charge on any atom is -0.0805 e. The van der Waals surface area contributed by atoms with E-state index in [1.54, 1.807) is 5.57 Å². The molecule has 0 bridgehead atoms. The number of allylic oxidation sites excluding steroid dienone is 4. The lowest BCUT2D eigenvalue weighted by atomic mass is 9.87. The Labute approximate surface area is 158 Å². The molecule has 0 amide bonds. The Morgan fingerprint density at radius 1 is 0.593 bits per heavy atom. The van der Waals surface area contributed by atoms with Crippen LogP contribution in [0.25, 0.3) is 43.1 Å². The topological polar surface area (TPSA) is 0 Å². The van der Waals surface area contributed by atoms with E-state index < -0.39 is 0 Å². The van der Waals surface area contributed by atoms with E-state index in [1.165, 1.54) is 48.7 Å². The lowest BCUT2D eigenvalue weighted by molar-refractivity contribution is 0.926. The summed E-state index contributed by atoms with van der Waals surface area (Å²) >= 11 is 0. The fourth-order valence-corrected chi connectivity index (χ4v) is 4.90. The van der Waals surface area contributed by atoms with Crippen molar-refractivity contribution < 1.29 is 0 Å². The van der Waals surface area contributed by atoms with Crippen LogP contribution in [-0.2, 0) is 6.42 Å². The van der Waals surface area contributed by atoms with Crippen LogP contribution < -0.4 is 0 Å². The van der Waals surface area contributed by atoms with Gasteiger partial charge >= 0.3 is 0 Å². The molecule has 0 saturated heterocycles. The van der Waals surface area contributed by atoms with E-state index in [0.717, 1.165) is 19.3 Å². The number of rotatable bonds is 3. The summed E-state index contributed by atoms with van der Waals surface area (Å²) in [6.45, 7) is 0. The first-order valence-corrected chi connectivity index (χ1v) is 9.82. The van der Waals surface area contributed by atoms with E-state index in [9.17, 15) is 0 Å². The fourth-order valence-electron chi connectivity index (χ4n) is 4.90. The van der Waals surface area contributed by atoms with Crippen molar-refractivity contribution in [1.29, 1.82) is 0 Å². The summed E-state index contributed by atoms with van der Waals surface area (Å²) in [5.41, 5.74) is 3.01. The first kappa shape index (κ1) is 15.0. The van der Waals surface area contributed by atoms with Crippen LogP contribution >= 0.6 is 0 Å². The standard InChI is InChI=1S/C27H20/c1-2-7-18(6-1)14-15-19-16-17-25-23-12-4-9-20-8-3-11-22(26(20)23)24-13-5-10-21(19)27(24)25/h1-6,8-13,16-17H,7,14-15H2. The Morgan fingerprint density at radius 2 is 1.26 bits per heavy atom. The average Bonchev–Trinajstić information content (AvgIpc) is 3.24. The lowest BCUT2D eigenvalue weighted by Gasteiger charge is -2.16. The number of hydrogen-bond donors (Lipinski definition) is 0. The molecule has 0 heteroatoms. The van der Waals surface area contributed by atoms with Crippen molar-refractivity contribution in [1.82, 2.24) is 0 Å². The molecular formula is C27H20. The molecular weight excluding hydrogens is 324 g/mol. The molecule has 0 saturated carbocycles. The van der Waals surface area contributed by atoms with E-state index in [4.69, 9.17) is 0 Å². The third-order valence-corrected chi connectivity index (χ3v) is 6.18. The first-order chi connectivity index (χ1) is 13.4. The van der Waals surface area contributed by atoms with Gasteiger partial charge in [0.1, 0.15) is 0 Å². The fraction of sp³-hybridized carbons (Fsp3) is 0.111. The van der Waals surface area contributed by atoms with Crippen LogP contribution in [0.2, 0.25) is 0 Å². The number of hydrogen-bond acceptors (Lipinski definition) is 0. The normalized spacial score (nSPS) is 14.1. The lowest BCUT2D eigenvalue weighted by Crippen LogP contribution is -1.92. The van der Waals surface area contributed by atoms with Crippen LogP contribution in [0, 0.1) is 0 Å². The molecule has 0 heterocycles. The summed E-state index contributed by atoms with van der Waals surface area (Å²) in [6, 6.07) is 24.9. The predicted octanol–water partition coefficient (Wildman–Crippen LogP) is 7.56. The van der Waals surface area contributed by atoms with Gasteiger partial charge in [-0.25, -0.2) is 0 Å². The Balaban J connectivity index is 1.66. The minimum absolute atomic E-state index is 1.11. The second-order valence-corrected chi connectivity index (χ2v) is 7.67. The molecule has 1 aliphatic rings. The van der Waals surface area contributed by atoms with Crippen LogP contribution in [0.1, 0.15) is 18.4 Å². The molecule has 5 aromatic carbocycles. The summed E-state index contributed by atoms with van der Waals surface area (Å²) in [6.07, 6.45) is 10.1. The zero-order valence-corrected chi connectivity index (χ0v) is 15.2. The van der Waals surface area contributed by atoms with Crippen molar-refractivity contribution in [2.24, 2.45) is 0 Å². The summed E-state index contributed by atoms with van der Waals surface area (Å²) in [5.74, 6) is 0. The van der Waals surface area contributed by atoms with Gasteiger partial charge in [0.2, 0.25) is 0 Å². The quantitative estimate of drug-likeness (QED) is 0.234. The summed E-state index contributed by atoms with van der Waals surface area (Å²) in [4.78, 5) is 0. The molecule has 0 fully saturated rings. The molecule has 27 heavy (non-hydrogen) atoms. The molecule has 1 aliphatic carbocycles. The van der Waals surface area contributed by atoms with Crippen molar-refractivity contribution in [2.75, 3.05) is 0 Å². The maximum Gasteiger partial charge on any atom is -0.00236 e. The highest BCUT2D eigenvalue weighted by Gasteiger charge is 2.14. The zero-order valence-electron chi connectivity index (χ0n) is 15.2. The van der Waals surface area contributed by atoms with E-state index in [-0.39, 0.29) is 0 Å². The molecule has 0 N–H and O–H groups in total. The Bertz CT molecular complexity index is 1330. The van der Waals surface area contributed by atoms with Gasteiger partial charge in [0, 0.05) is 0 Å². The second-order valence-electron chi connectivity index (χ2n) is 7.67. The van der Waals surface area contributed by atoms with Gasteiger partial charge in [-0.1, -0.05) is 90.5 Å². The average molecular weight is 344 g/mol. The number of benzene rings is 5. The molecule has 0 aliphatic heterocycles. The summed E-state index contributed by atoms with van der Waals surface area (Å²) < 4.78 is 0. The van der Waals surface area contributed by atoms with Crippen LogP contribution in [0.15, 0.2) is 90.5 Å². The highest BCUT2D eigenvalue weighted by atomic mass is 14.2. The monoisotopic (exact) mass is 344 g/mol. The van der Waals surface area contributed by atoms with E-state index in [0.29, 0.717) is 0 Å². The van der Waals surface area contributed by atoms with Crippen molar-refractivity contribution in [3.63, 3.8) is 0 Å². The van der Waals surface area contributed by atoms with Gasteiger partial charge in [-0.2, -0.15) is 0 Å². The third kappa shape index (κ3) is 2.16. The van der Waals surface area contributed by atoms with Gasteiger partial charge in [-0.3, -0.25) is 0 Å². The maximum atomic E-state index is 2.36. The Kier molecular flexibility index (Phi) is 3.16. The van der Waals surface area contributed by atoms with Gasteiger partial charge in [-0.15, -0.1) is 0 Å². The first-order valence-electron chi connectivity index (χ1n) is 9.82. The van der Waals surface area contributed by atoms with Crippen molar-refractivity contribution >= 4 is 43.1 Å². The van der Waals surface area contributed by atoms with E-state index in [2.05, 4.69) is 85.0 Å². The predicted molar refractivity (Wildman–Crippen MR) is 118 cm³/mol. The molecule has 0 radical (unpaired) electrons. The highest BCUT2D eigenvalue weighted by Crippen LogP contribution is 2.41.